The lowest BCUT2D eigenvalue weighted by Crippen LogP contribution is -3.00. The molecule has 1 fully saturated rings. The predicted octanol–water partition coefficient (Wildman–Crippen LogP) is -0.624. The summed E-state index contributed by atoms with van der Waals surface area (Å²) in [6.07, 6.45) is 7.88. The summed E-state index contributed by atoms with van der Waals surface area (Å²) < 4.78 is 10.7. The van der Waals surface area contributed by atoms with Crippen LogP contribution in [0.3, 0.4) is 0 Å². The molecule has 23 heavy (non-hydrogen) atoms. The Bertz CT molecular complexity index is 489. The number of primary amides is 1. The van der Waals surface area contributed by atoms with Crippen molar-refractivity contribution in [1.29, 1.82) is 0 Å². The van der Waals surface area contributed by atoms with E-state index in [2.05, 4.69) is 5.32 Å². The van der Waals surface area contributed by atoms with Gasteiger partial charge in [0.25, 0.3) is 5.91 Å². The van der Waals surface area contributed by atoms with Crippen LogP contribution in [0.4, 0.5) is 0 Å². The van der Waals surface area contributed by atoms with Gasteiger partial charge in [0.1, 0.15) is 0 Å². The van der Waals surface area contributed by atoms with Crippen molar-refractivity contribution in [3.63, 3.8) is 0 Å². The quantitative estimate of drug-likeness (QED) is 0.648. The van der Waals surface area contributed by atoms with E-state index >= 15 is 0 Å². The fraction of sp³-hybridized carbons (Fsp3) is 0.588. The van der Waals surface area contributed by atoms with Gasteiger partial charge in [0.2, 0.25) is 0 Å². The first kappa shape index (κ1) is 19.6. The Morgan fingerprint density at radius 2 is 1.91 bits per heavy atom. The number of rotatable bonds is 7. The smallest absolute Gasteiger partial charge is 0.255 e. The maximum Gasteiger partial charge on any atom is 0.255 e. The van der Waals surface area contributed by atoms with E-state index in [9.17, 15) is 4.79 Å². The van der Waals surface area contributed by atoms with Crippen LogP contribution in [-0.4, -0.2) is 25.7 Å². The van der Waals surface area contributed by atoms with Crippen molar-refractivity contribution in [3.05, 3.63) is 23.8 Å². The average molecular weight is 342 g/mol. The van der Waals surface area contributed by atoms with Crippen molar-refractivity contribution in [1.82, 2.24) is 5.32 Å². The number of ether oxygens (including phenoxy) is 2. The number of methoxy groups -OCH3 is 1. The molecule has 0 heterocycles. The maximum atomic E-state index is 10.8. The molecule has 0 spiro atoms. The van der Waals surface area contributed by atoms with Crippen LogP contribution in [0.5, 0.6) is 11.5 Å². The monoisotopic (exact) mass is 341 g/mol. The Kier molecular flexibility index (Phi) is 8.81. The molecule has 1 aliphatic carbocycles. The molecule has 0 atom stereocenters. The van der Waals surface area contributed by atoms with Gasteiger partial charge in [0, 0.05) is 12.6 Å². The molecule has 0 saturated heterocycles. The molecule has 6 heteroatoms. The fourth-order valence-corrected chi connectivity index (χ4v) is 2.84. The van der Waals surface area contributed by atoms with Gasteiger partial charge in [-0.3, -0.25) is 4.79 Å². The second-order valence-corrected chi connectivity index (χ2v) is 5.81. The number of hydrogen-bond donors (Lipinski definition) is 2. The molecule has 0 aliphatic heterocycles. The molecule has 1 amide bonds. The Labute approximate surface area is 144 Å². The molecule has 5 nitrogen and oxygen atoms in total. The number of amides is 1. The number of carbonyl (C=O) groups is 1. The van der Waals surface area contributed by atoms with Gasteiger partial charge in [-0.1, -0.05) is 31.7 Å². The van der Waals surface area contributed by atoms with Crippen molar-refractivity contribution in [3.8, 4) is 11.5 Å². The standard InChI is InChI=1S/C17H26N2O3.ClH/c1-21-16-10-13(8-9-15(16)22-12-17(18)20)11-19-14-6-4-2-3-5-7-14;/h8-10,14,19H,2-7,11-12H2,1H3,(H2,18,20);1H/p-1. The molecule has 1 aromatic carbocycles. The third-order valence-corrected chi connectivity index (χ3v) is 4.05. The Balaban J connectivity index is 0.00000264. The summed E-state index contributed by atoms with van der Waals surface area (Å²) in [5.41, 5.74) is 6.24. The molecular weight excluding hydrogens is 316 g/mol. The van der Waals surface area contributed by atoms with Crippen LogP contribution < -0.4 is 32.9 Å². The van der Waals surface area contributed by atoms with E-state index in [-0.39, 0.29) is 19.0 Å². The van der Waals surface area contributed by atoms with E-state index in [1.807, 2.05) is 18.2 Å². The third kappa shape index (κ3) is 6.67. The van der Waals surface area contributed by atoms with Gasteiger partial charge in [-0.2, -0.15) is 0 Å². The van der Waals surface area contributed by atoms with E-state index in [0.717, 1.165) is 12.1 Å². The number of benzene rings is 1. The number of nitrogens with two attached hydrogens (primary N) is 1. The lowest BCUT2D eigenvalue weighted by Gasteiger charge is -2.17. The molecule has 0 radical (unpaired) electrons. The fourth-order valence-electron chi connectivity index (χ4n) is 2.84. The Morgan fingerprint density at radius 1 is 1.22 bits per heavy atom. The number of hydrogen-bond acceptors (Lipinski definition) is 4. The van der Waals surface area contributed by atoms with E-state index in [1.54, 1.807) is 7.11 Å². The summed E-state index contributed by atoms with van der Waals surface area (Å²) in [6, 6.07) is 6.37. The lowest BCUT2D eigenvalue weighted by molar-refractivity contribution is -0.119. The van der Waals surface area contributed by atoms with Gasteiger partial charge in [0.15, 0.2) is 18.1 Å². The van der Waals surface area contributed by atoms with Crippen molar-refractivity contribution in [2.24, 2.45) is 5.73 Å². The van der Waals surface area contributed by atoms with Gasteiger partial charge in [0.05, 0.1) is 7.11 Å². The first-order chi connectivity index (χ1) is 10.7. The van der Waals surface area contributed by atoms with Crippen LogP contribution in [0.1, 0.15) is 44.1 Å². The Hall–Kier alpha value is -1.46. The summed E-state index contributed by atoms with van der Waals surface area (Å²) in [6.45, 7) is 0.674. The molecule has 1 saturated carbocycles. The van der Waals surface area contributed by atoms with E-state index in [1.165, 1.54) is 38.5 Å². The molecule has 3 N–H and O–H groups in total. The first-order valence-corrected chi connectivity index (χ1v) is 8.00. The minimum absolute atomic E-state index is 0. The minimum Gasteiger partial charge on any atom is -1.00 e. The number of halogens is 1. The highest BCUT2D eigenvalue weighted by molar-refractivity contribution is 5.75. The van der Waals surface area contributed by atoms with Crippen LogP contribution in [0.2, 0.25) is 0 Å². The van der Waals surface area contributed by atoms with Crippen molar-refractivity contribution in [2.45, 2.75) is 51.1 Å². The molecule has 0 unspecified atom stereocenters. The maximum absolute atomic E-state index is 10.8. The van der Waals surface area contributed by atoms with Gasteiger partial charge in [-0.15, -0.1) is 0 Å². The highest BCUT2D eigenvalue weighted by atomic mass is 35.5. The van der Waals surface area contributed by atoms with E-state index in [0.29, 0.717) is 17.5 Å². The van der Waals surface area contributed by atoms with Crippen molar-refractivity contribution < 1.29 is 26.7 Å². The number of nitrogens with one attached hydrogen (secondary N) is 1. The molecule has 130 valence electrons. The van der Waals surface area contributed by atoms with E-state index < -0.39 is 5.91 Å². The normalized spacial score (nSPS) is 15.3. The second-order valence-electron chi connectivity index (χ2n) is 5.81. The third-order valence-electron chi connectivity index (χ3n) is 4.05. The highest BCUT2D eigenvalue weighted by Gasteiger charge is 2.12. The van der Waals surface area contributed by atoms with Crippen LogP contribution in [0.25, 0.3) is 0 Å². The molecule has 0 aromatic heterocycles. The number of carbonyl (C=O) groups excluding carboxylic acids is 1. The lowest BCUT2D eigenvalue weighted by atomic mass is 10.1. The molecule has 1 aromatic rings. The molecule has 2 rings (SSSR count). The zero-order valence-corrected chi connectivity index (χ0v) is 14.4. The van der Waals surface area contributed by atoms with Crippen molar-refractivity contribution in [2.75, 3.05) is 13.7 Å². The van der Waals surface area contributed by atoms with Gasteiger partial charge in [-0.25, -0.2) is 0 Å². The van der Waals surface area contributed by atoms with Crippen LogP contribution in [0, 0.1) is 0 Å². The van der Waals surface area contributed by atoms with Gasteiger partial charge in [-0.05, 0) is 30.5 Å². The predicted molar refractivity (Wildman–Crippen MR) is 86.0 cm³/mol. The molecule has 1 aliphatic rings. The van der Waals surface area contributed by atoms with Crippen molar-refractivity contribution >= 4 is 5.91 Å². The summed E-state index contributed by atoms with van der Waals surface area (Å²) in [4.78, 5) is 10.8. The first-order valence-electron chi connectivity index (χ1n) is 8.00. The van der Waals surface area contributed by atoms with Crippen LogP contribution in [-0.2, 0) is 11.3 Å². The second kappa shape index (κ2) is 10.3. The summed E-state index contributed by atoms with van der Waals surface area (Å²) >= 11 is 0. The average Bonchev–Trinajstić information content (AvgIpc) is 2.79. The summed E-state index contributed by atoms with van der Waals surface area (Å²) in [5, 5.41) is 3.63. The highest BCUT2D eigenvalue weighted by Crippen LogP contribution is 2.28. The summed E-state index contributed by atoms with van der Waals surface area (Å²) in [7, 11) is 1.59. The van der Waals surface area contributed by atoms with Gasteiger partial charge < -0.3 is 32.9 Å². The Morgan fingerprint density at radius 3 is 2.52 bits per heavy atom. The van der Waals surface area contributed by atoms with Gasteiger partial charge >= 0.3 is 0 Å². The molecular formula is C17H26ClN2O3-. The van der Waals surface area contributed by atoms with Crippen LogP contribution >= 0.6 is 0 Å². The van der Waals surface area contributed by atoms with E-state index in [4.69, 9.17) is 15.2 Å². The summed E-state index contributed by atoms with van der Waals surface area (Å²) in [5.74, 6) is 0.669. The minimum atomic E-state index is -0.499. The zero-order chi connectivity index (χ0) is 15.8. The van der Waals surface area contributed by atoms with Crippen LogP contribution in [0.15, 0.2) is 18.2 Å². The topological polar surface area (TPSA) is 73.6 Å². The SMILES string of the molecule is COc1cc(CNC2CCCCCC2)ccc1OCC(N)=O.[Cl-]. The largest absolute Gasteiger partial charge is 1.00 e. The zero-order valence-electron chi connectivity index (χ0n) is 13.6. The molecule has 0 bridgehead atoms.